The summed E-state index contributed by atoms with van der Waals surface area (Å²) in [6.45, 7) is 3.47. The third-order valence-electron chi connectivity index (χ3n) is 4.56. The fraction of sp³-hybridized carbons (Fsp3) is 0.474. The maximum atomic E-state index is 11.9. The number of aryl methyl sites for hydroxylation is 1. The summed E-state index contributed by atoms with van der Waals surface area (Å²) in [5, 5.41) is 1.54. The Balaban J connectivity index is 1.68. The third-order valence-corrected chi connectivity index (χ3v) is 6.09. The Kier molecular flexibility index (Phi) is 7.56. The molecule has 2 aromatic rings. The predicted octanol–water partition coefficient (Wildman–Crippen LogP) is 3.82. The molecule has 0 radical (unpaired) electrons. The van der Waals surface area contributed by atoms with Crippen LogP contribution in [0.2, 0.25) is 10.0 Å². The molecule has 0 spiro atoms. The van der Waals surface area contributed by atoms with Crippen LogP contribution < -0.4 is 10.5 Å². The second-order valence-electron chi connectivity index (χ2n) is 6.96. The third kappa shape index (κ3) is 5.51. The van der Waals surface area contributed by atoms with Crippen molar-refractivity contribution in [3.05, 3.63) is 39.3 Å². The zero-order valence-corrected chi connectivity index (χ0v) is 18.5. The standard InChI is InChI=1S/C19H22Cl2N4O3S/c1-10(2)16(22)18(26)28-9-27-17-11-4-3-5-15(11)24-19(25-17)29-8-12-13(20)6-23-7-14(12)21/h6-7,10,16H,3-5,8-9,22H2,1-2H3/t16-/m0/s1. The summed E-state index contributed by atoms with van der Waals surface area (Å²) in [4.78, 5) is 25.0. The van der Waals surface area contributed by atoms with Crippen molar-refractivity contribution >= 4 is 40.9 Å². The Bertz CT molecular complexity index is 878. The quantitative estimate of drug-likeness (QED) is 0.276. The molecule has 0 aromatic carbocycles. The molecule has 2 N–H and O–H groups in total. The maximum absolute atomic E-state index is 11.9. The molecular formula is C19H22Cl2N4O3S. The first kappa shape index (κ1) is 22.1. The van der Waals surface area contributed by atoms with E-state index >= 15 is 0 Å². The highest BCUT2D eigenvalue weighted by molar-refractivity contribution is 7.98. The second kappa shape index (κ2) is 9.93. The van der Waals surface area contributed by atoms with Gasteiger partial charge in [0, 0.05) is 29.3 Å². The normalized spacial score (nSPS) is 14.0. The van der Waals surface area contributed by atoms with Gasteiger partial charge >= 0.3 is 5.97 Å². The Labute approximate surface area is 183 Å². The lowest BCUT2D eigenvalue weighted by Gasteiger charge is -2.15. The molecule has 0 saturated heterocycles. The summed E-state index contributed by atoms with van der Waals surface area (Å²) < 4.78 is 10.8. The number of rotatable bonds is 8. The first-order valence-electron chi connectivity index (χ1n) is 9.22. The van der Waals surface area contributed by atoms with Crippen LogP contribution in [-0.4, -0.2) is 33.8 Å². The van der Waals surface area contributed by atoms with Crippen molar-refractivity contribution in [3.63, 3.8) is 0 Å². The first-order valence-corrected chi connectivity index (χ1v) is 11.0. The van der Waals surface area contributed by atoms with Crippen molar-refractivity contribution < 1.29 is 14.3 Å². The van der Waals surface area contributed by atoms with Gasteiger partial charge < -0.3 is 15.2 Å². The number of fused-ring (bicyclic) bond motifs is 1. The van der Waals surface area contributed by atoms with E-state index in [2.05, 4.69) is 15.0 Å². The first-order chi connectivity index (χ1) is 13.9. The van der Waals surface area contributed by atoms with Crippen LogP contribution in [0.25, 0.3) is 0 Å². The molecule has 7 nitrogen and oxygen atoms in total. The minimum Gasteiger partial charge on any atom is -0.440 e. The largest absolute Gasteiger partial charge is 0.440 e. The molecule has 10 heteroatoms. The van der Waals surface area contributed by atoms with E-state index in [0.29, 0.717) is 26.8 Å². The van der Waals surface area contributed by atoms with Crippen LogP contribution in [0, 0.1) is 5.92 Å². The number of halogens is 2. The van der Waals surface area contributed by atoms with E-state index in [1.165, 1.54) is 11.8 Å². The monoisotopic (exact) mass is 456 g/mol. The summed E-state index contributed by atoms with van der Waals surface area (Å²) in [5.41, 5.74) is 8.47. The molecule has 0 amide bonds. The van der Waals surface area contributed by atoms with Gasteiger partial charge in [-0.25, -0.2) is 4.98 Å². The molecule has 156 valence electrons. The van der Waals surface area contributed by atoms with Gasteiger partial charge in [0.15, 0.2) is 5.16 Å². The lowest BCUT2D eigenvalue weighted by Crippen LogP contribution is -2.37. The number of pyridine rings is 1. The minimum absolute atomic E-state index is 0.0133. The van der Waals surface area contributed by atoms with Crippen molar-refractivity contribution in [2.45, 2.75) is 50.1 Å². The van der Waals surface area contributed by atoms with Crippen molar-refractivity contribution in [1.29, 1.82) is 0 Å². The maximum Gasteiger partial charge on any atom is 0.326 e. The molecule has 0 unspecified atom stereocenters. The van der Waals surface area contributed by atoms with Gasteiger partial charge in [-0.3, -0.25) is 9.78 Å². The summed E-state index contributed by atoms with van der Waals surface area (Å²) in [5.74, 6) is 0.423. The van der Waals surface area contributed by atoms with E-state index in [0.717, 1.165) is 36.1 Å². The average molecular weight is 457 g/mol. The number of hydrogen-bond acceptors (Lipinski definition) is 8. The number of nitrogens with zero attached hydrogens (tertiary/aromatic N) is 3. The molecular weight excluding hydrogens is 435 g/mol. The van der Waals surface area contributed by atoms with Gasteiger partial charge in [-0.1, -0.05) is 48.8 Å². The van der Waals surface area contributed by atoms with E-state index < -0.39 is 12.0 Å². The zero-order chi connectivity index (χ0) is 21.0. The SMILES string of the molecule is CC(C)[C@H](N)C(=O)OCOc1nc(SCc2c(Cl)cncc2Cl)nc2c1CCC2. The Morgan fingerprint density at radius 3 is 2.66 bits per heavy atom. The second-order valence-corrected chi connectivity index (χ2v) is 8.71. The van der Waals surface area contributed by atoms with E-state index in [4.69, 9.17) is 38.4 Å². The van der Waals surface area contributed by atoms with Gasteiger partial charge in [-0.2, -0.15) is 4.98 Å². The molecule has 0 saturated carbocycles. The van der Waals surface area contributed by atoms with Crippen molar-refractivity contribution in [2.75, 3.05) is 6.79 Å². The van der Waals surface area contributed by atoms with Crippen LogP contribution in [0.15, 0.2) is 17.6 Å². The van der Waals surface area contributed by atoms with Crippen LogP contribution in [0.5, 0.6) is 5.88 Å². The van der Waals surface area contributed by atoms with Gasteiger partial charge in [-0.05, 0) is 25.2 Å². The zero-order valence-electron chi connectivity index (χ0n) is 16.2. The van der Waals surface area contributed by atoms with Crippen molar-refractivity contribution in [2.24, 2.45) is 11.7 Å². The van der Waals surface area contributed by atoms with Gasteiger partial charge in [0.2, 0.25) is 12.7 Å². The van der Waals surface area contributed by atoms with Gasteiger partial charge in [0.25, 0.3) is 0 Å². The fourth-order valence-electron chi connectivity index (χ4n) is 2.78. The summed E-state index contributed by atoms with van der Waals surface area (Å²) >= 11 is 13.8. The average Bonchev–Trinajstić information content (AvgIpc) is 3.15. The highest BCUT2D eigenvalue weighted by Crippen LogP contribution is 2.33. The van der Waals surface area contributed by atoms with Crippen LogP contribution in [0.3, 0.4) is 0 Å². The van der Waals surface area contributed by atoms with Gasteiger partial charge in [0.1, 0.15) is 6.04 Å². The number of carbonyl (C=O) groups excluding carboxylic acids is 1. The number of thioether (sulfide) groups is 1. The molecule has 2 heterocycles. The molecule has 2 aromatic heterocycles. The summed E-state index contributed by atoms with van der Waals surface area (Å²) in [6.07, 6.45) is 5.78. The van der Waals surface area contributed by atoms with E-state index in [9.17, 15) is 4.79 Å². The summed E-state index contributed by atoms with van der Waals surface area (Å²) in [6, 6.07) is -0.685. The smallest absolute Gasteiger partial charge is 0.326 e. The van der Waals surface area contributed by atoms with Crippen LogP contribution in [-0.2, 0) is 28.1 Å². The number of esters is 1. The fourth-order valence-corrected chi connectivity index (χ4v) is 4.35. The highest BCUT2D eigenvalue weighted by Gasteiger charge is 2.23. The minimum atomic E-state index is -0.685. The van der Waals surface area contributed by atoms with Crippen molar-refractivity contribution in [3.8, 4) is 5.88 Å². The molecule has 1 aliphatic rings. The molecule has 29 heavy (non-hydrogen) atoms. The Hall–Kier alpha value is -1.61. The van der Waals surface area contributed by atoms with Crippen LogP contribution in [0.4, 0.5) is 0 Å². The predicted molar refractivity (Wildman–Crippen MR) is 112 cm³/mol. The molecule has 3 rings (SSSR count). The Morgan fingerprint density at radius 2 is 1.97 bits per heavy atom. The van der Waals surface area contributed by atoms with Crippen LogP contribution in [0.1, 0.15) is 37.1 Å². The molecule has 1 aliphatic carbocycles. The van der Waals surface area contributed by atoms with Gasteiger partial charge in [0.05, 0.1) is 15.7 Å². The van der Waals surface area contributed by atoms with E-state index in [1.54, 1.807) is 12.4 Å². The molecule has 0 fully saturated rings. The van der Waals surface area contributed by atoms with Crippen molar-refractivity contribution in [1.82, 2.24) is 15.0 Å². The molecule has 0 bridgehead atoms. The number of ether oxygens (including phenoxy) is 2. The Morgan fingerprint density at radius 1 is 1.24 bits per heavy atom. The van der Waals surface area contributed by atoms with E-state index in [-0.39, 0.29) is 12.7 Å². The highest BCUT2D eigenvalue weighted by atomic mass is 35.5. The number of aromatic nitrogens is 3. The lowest BCUT2D eigenvalue weighted by molar-refractivity contribution is -0.153. The van der Waals surface area contributed by atoms with Crippen LogP contribution >= 0.6 is 35.0 Å². The topological polar surface area (TPSA) is 100 Å². The van der Waals surface area contributed by atoms with E-state index in [1.807, 2.05) is 13.8 Å². The molecule has 0 aliphatic heterocycles. The number of hydrogen-bond donors (Lipinski definition) is 1. The number of nitrogens with two attached hydrogens (primary N) is 1. The lowest BCUT2D eigenvalue weighted by atomic mass is 10.1. The summed E-state index contributed by atoms with van der Waals surface area (Å²) in [7, 11) is 0. The number of carbonyl (C=O) groups is 1. The van der Waals surface area contributed by atoms with Gasteiger partial charge in [-0.15, -0.1) is 0 Å². The molecule has 1 atom stereocenters.